The smallest absolute Gasteiger partial charge is 0.225 e. The molecule has 6 heteroatoms. The monoisotopic (exact) mass is 345 g/mol. The Morgan fingerprint density at radius 2 is 1.96 bits per heavy atom. The third kappa shape index (κ3) is 2.76. The van der Waals surface area contributed by atoms with E-state index in [0.29, 0.717) is 12.3 Å². The highest BCUT2D eigenvalue weighted by Gasteiger charge is 2.27. The van der Waals surface area contributed by atoms with Gasteiger partial charge in [-0.05, 0) is 22.6 Å². The van der Waals surface area contributed by atoms with E-state index in [-0.39, 0.29) is 11.8 Å². The second-order valence-corrected chi connectivity index (χ2v) is 6.31. The topological polar surface area (TPSA) is 106 Å². The van der Waals surface area contributed by atoms with E-state index < -0.39 is 0 Å². The number of fused-ring (bicyclic) bond motifs is 3. The van der Waals surface area contributed by atoms with Crippen LogP contribution in [0.25, 0.3) is 10.8 Å². The summed E-state index contributed by atoms with van der Waals surface area (Å²) in [5, 5.41) is 9.02. The van der Waals surface area contributed by atoms with Gasteiger partial charge in [0, 0.05) is 23.3 Å². The summed E-state index contributed by atoms with van der Waals surface area (Å²) < 4.78 is 0. The molecule has 1 aliphatic heterocycles. The van der Waals surface area contributed by atoms with E-state index in [9.17, 15) is 4.79 Å². The molecule has 1 aliphatic rings. The first-order chi connectivity index (χ1) is 12.7. The van der Waals surface area contributed by atoms with Gasteiger partial charge in [-0.2, -0.15) is 0 Å². The van der Waals surface area contributed by atoms with Crippen LogP contribution in [0.2, 0.25) is 0 Å². The van der Waals surface area contributed by atoms with Gasteiger partial charge in [0.25, 0.3) is 0 Å². The summed E-state index contributed by atoms with van der Waals surface area (Å²) in [6, 6.07) is 20.0. The third-order valence-electron chi connectivity index (χ3n) is 4.76. The van der Waals surface area contributed by atoms with Gasteiger partial charge in [0.15, 0.2) is 5.84 Å². The van der Waals surface area contributed by atoms with Crippen molar-refractivity contribution in [1.82, 2.24) is 5.53 Å². The zero-order chi connectivity index (χ0) is 18.1. The molecule has 0 radical (unpaired) electrons. The normalized spacial score (nSPS) is 16.9. The summed E-state index contributed by atoms with van der Waals surface area (Å²) in [7, 11) is 0. The number of hydrazone groups is 1. The van der Waals surface area contributed by atoms with E-state index in [1.54, 1.807) is 0 Å². The van der Waals surface area contributed by atoms with Crippen molar-refractivity contribution in [3.8, 4) is 0 Å². The van der Waals surface area contributed by atoms with Crippen LogP contribution in [0.5, 0.6) is 0 Å². The van der Waals surface area contributed by atoms with Crippen LogP contribution in [0.3, 0.4) is 0 Å². The maximum Gasteiger partial charge on any atom is 0.225 e. The lowest BCUT2D eigenvalue weighted by molar-refractivity contribution is -0.116. The quantitative estimate of drug-likeness (QED) is 0.253. The molecule has 6 N–H and O–H groups in total. The van der Waals surface area contributed by atoms with Gasteiger partial charge in [-0.25, -0.2) is 11.4 Å². The highest BCUT2D eigenvalue weighted by Crippen LogP contribution is 2.40. The molecule has 4 rings (SSSR count). The molecule has 1 atom stereocenters. The van der Waals surface area contributed by atoms with Gasteiger partial charge in [-0.3, -0.25) is 4.79 Å². The fourth-order valence-electron chi connectivity index (χ4n) is 3.55. The Bertz CT molecular complexity index is 1030. The number of benzene rings is 3. The summed E-state index contributed by atoms with van der Waals surface area (Å²) in [5.41, 5.74) is 11.9. The molecular weight excluding hydrogens is 326 g/mol. The average Bonchev–Trinajstić information content (AvgIpc) is 2.67. The fraction of sp³-hybridized carbons (Fsp3) is 0.100. The summed E-state index contributed by atoms with van der Waals surface area (Å²) in [4.78, 5) is 12.4. The van der Waals surface area contributed by atoms with Crippen LogP contribution in [0.1, 0.15) is 29.0 Å². The Balaban J connectivity index is 1.85. The van der Waals surface area contributed by atoms with Crippen LogP contribution in [-0.2, 0) is 4.79 Å². The molecule has 0 bridgehead atoms. The maximum absolute atomic E-state index is 12.4. The third-order valence-corrected chi connectivity index (χ3v) is 4.76. The standard InChI is InChI=1S/C20H19N5O/c21-20(24-25-22)14-6-3-5-13(10-14)17-11-18(26)23-19-15-7-2-1-4-12(15)8-9-16(17)19/h1-10,17,25H,11,22H2,(H2,21,24)(H,23,26). The van der Waals surface area contributed by atoms with E-state index >= 15 is 0 Å². The number of carbonyl (C=O) groups excluding carboxylic acids is 1. The second-order valence-electron chi connectivity index (χ2n) is 6.31. The molecule has 1 heterocycles. The number of amidine groups is 1. The van der Waals surface area contributed by atoms with Crippen molar-refractivity contribution in [1.29, 1.82) is 0 Å². The van der Waals surface area contributed by atoms with Crippen molar-refractivity contribution in [2.75, 3.05) is 5.32 Å². The van der Waals surface area contributed by atoms with Crippen LogP contribution < -0.4 is 22.4 Å². The highest BCUT2D eigenvalue weighted by molar-refractivity contribution is 6.06. The summed E-state index contributed by atoms with van der Waals surface area (Å²) >= 11 is 0. The van der Waals surface area contributed by atoms with Crippen LogP contribution >= 0.6 is 0 Å². The molecule has 1 unspecified atom stereocenters. The van der Waals surface area contributed by atoms with E-state index in [1.165, 1.54) is 0 Å². The number of anilines is 1. The molecular formula is C20H19N5O. The molecule has 0 aromatic heterocycles. The molecule has 0 aliphatic carbocycles. The Morgan fingerprint density at radius 3 is 2.81 bits per heavy atom. The molecule has 26 heavy (non-hydrogen) atoms. The summed E-state index contributed by atoms with van der Waals surface area (Å²) in [6.07, 6.45) is 0.390. The van der Waals surface area contributed by atoms with Gasteiger partial charge < -0.3 is 11.1 Å². The number of nitrogens with one attached hydrogen (secondary N) is 2. The van der Waals surface area contributed by atoms with Gasteiger partial charge in [-0.15, -0.1) is 5.10 Å². The molecule has 0 saturated carbocycles. The number of hydrazine groups is 1. The maximum atomic E-state index is 12.4. The summed E-state index contributed by atoms with van der Waals surface area (Å²) in [5.74, 6) is 5.48. The zero-order valence-electron chi connectivity index (χ0n) is 14.1. The largest absolute Gasteiger partial charge is 0.382 e. The first-order valence-electron chi connectivity index (χ1n) is 8.38. The highest BCUT2D eigenvalue weighted by atomic mass is 16.1. The lowest BCUT2D eigenvalue weighted by Crippen LogP contribution is -2.25. The van der Waals surface area contributed by atoms with Gasteiger partial charge >= 0.3 is 0 Å². The number of rotatable bonds is 3. The second kappa shape index (κ2) is 6.50. The number of nitrogens with two attached hydrogens (primary N) is 2. The minimum atomic E-state index is -0.0399. The van der Waals surface area contributed by atoms with Crippen molar-refractivity contribution in [3.05, 3.63) is 77.4 Å². The molecule has 1 amide bonds. The van der Waals surface area contributed by atoms with E-state index in [0.717, 1.165) is 33.2 Å². The molecule has 130 valence electrons. The Kier molecular flexibility index (Phi) is 4.02. The summed E-state index contributed by atoms with van der Waals surface area (Å²) in [6.45, 7) is 0. The Hall–Kier alpha value is -3.38. The minimum absolute atomic E-state index is 0.00881. The number of carbonyl (C=O) groups is 1. The molecule has 3 aromatic carbocycles. The molecule has 0 spiro atoms. The van der Waals surface area contributed by atoms with Crippen molar-refractivity contribution < 1.29 is 4.79 Å². The van der Waals surface area contributed by atoms with Crippen molar-refractivity contribution in [2.24, 2.45) is 16.7 Å². The number of hydrogen-bond acceptors (Lipinski definition) is 4. The number of nitrogens with zero attached hydrogens (tertiary/aromatic N) is 1. The van der Waals surface area contributed by atoms with Crippen LogP contribution in [-0.4, -0.2) is 11.7 Å². The molecule has 0 fully saturated rings. The first kappa shape index (κ1) is 16.1. The predicted octanol–water partition coefficient (Wildman–Crippen LogP) is 2.40. The number of hydrogen-bond donors (Lipinski definition) is 4. The average molecular weight is 345 g/mol. The van der Waals surface area contributed by atoms with Crippen LogP contribution in [0, 0.1) is 0 Å². The van der Waals surface area contributed by atoms with Gasteiger partial charge in [0.1, 0.15) is 0 Å². The van der Waals surface area contributed by atoms with Gasteiger partial charge in [-0.1, -0.05) is 54.6 Å². The van der Waals surface area contributed by atoms with Crippen LogP contribution in [0.4, 0.5) is 5.69 Å². The lowest BCUT2D eigenvalue weighted by atomic mass is 9.83. The van der Waals surface area contributed by atoms with Crippen molar-refractivity contribution in [3.63, 3.8) is 0 Å². The molecule has 0 saturated heterocycles. The van der Waals surface area contributed by atoms with E-state index in [4.69, 9.17) is 11.6 Å². The molecule has 3 aromatic rings. The van der Waals surface area contributed by atoms with Crippen molar-refractivity contribution >= 4 is 28.2 Å². The molecule has 6 nitrogen and oxygen atoms in total. The van der Waals surface area contributed by atoms with Crippen molar-refractivity contribution in [2.45, 2.75) is 12.3 Å². The SMILES string of the molecule is NNN=C(N)c1cccc(C2CC(=O)Nc3c2ccc2ccccc32)c1. The predicted molar refractivity (Wildman–Crippen MR) is 104 cm³/mol. The van der Waals surface area contributed by atoms with Gasteiger partial charge in [0.2, 0.25) is 5.91 Å². The first-order valence-corrected chi connectivity index (χ1v) is 8.38. The minimum Gasteiger partial charge on any atom is -0.382 e. The Labute approximate surface area is 150 Å². The van der Waals surface area contributed by atoms with Crippen LogP contribution in [0.15, 0.2) is 65.8 Å². The van der Waals surface area contributed by atoms with E-state index in [1.807, 2.05) is 48.5 Å². The number of amides is 1. The zero-order valence-corrected chi connectivity index (χ0v) is 14.1. The van der Waals surface area contributed by atoms with E-state index in [2.05, 4.69) is 28.1 Å². The Morgan fingerprint density at radius 1 is 1.12 bits per heavy atom. The van der Waals surface area contributed by atoms with Gasteiger partial charge in [0.05, 0.1) is 5.69 Å². The lowest BCUT2D eigenvalue weighted by Gasteiger charge is -2.27. The fourth-order valence-corrected chi connectivity index (χ4v) is 3.55.